The molecular formula is C15H15FN4O. The number of hydrogen-bond donors (Lipinski definition) is 1. The molecule has 0 amide bonds. The molecule has 2 heterocycles. The number of rotatable bonds is 4. The van der Waals surface area contributed by atoms with Gasteiger partial charge in [0.05, 0.1) is 6.20 Å². The van der Waals surface area contributed by atoms with Crippen LogP contribution in [0.2, 0.25) is 0 Å². The fraction of sp³-hybridized carbons (Fsp3) is 0.200. The van der Waals surface area contributed by atoms with Gasteiger partial charge in [-0.2, -0.15) is 4.98 Å². The van der Waals surface area contributed by atoms with Gasteiger partial charge in [0.2, 0.25) is 5.65 Å². The Labute approximate surface area is 121 Å². The molecule has 0 saturated heterocycles. The van der Waals surface area contributed by atoms with E-state index in [1.807, 2.05) is 17.5 Å². The maximum absolute atomic E-state index is 13.6. The van der Waals surface area contributed by atoms with Crippen LogP contribution < -0.4 is 10.1 Å². The summed E-state index contributed by atoms with van der Waals surface area (Å²) in [6.45, 7) is 4.43. The van der Waals surface area contributed by atoms with Crippen LogP contribution in [0.3, 0.4) is 0 Å². The third-order valence-corrected chi connectivity index (χ3v) is 3.06. The van der Waals surface area contributed by atoms with Crippen molar-refractivity contribution in [2.75, 3.05) is 11.9 Å². The van der Waals surface area contributed by atoms with Gasteiger partial charge in [-0.15, -0.1) is 0 Å². The van der Waals surface area contributed by atoms with Crippen LogP contribution in [-0.2, 0) is 0 Å². The first-order valence-corrected chi connectivity index (χ1v) is 6.69. The molecule has 108 valence electrons. The van der Waals surface area contributed by atoms with Gasteiger partial charge in [0.25, 0.3) is 5.88 Å². The van der Waals surface area contributed by atoms with Crippen molar-refractivity contribution in [3.8, 4) is 11.6 Å². The highest BCUT2D eigenvalue weighted by molar-refractivity contribution is 5.55. The standard InChI is InChI=1S/C15H15FN4O/c1-3-17-13-9-20-7-6-18-14(20)15(19-13)21-11-5-4-10(2)12(16)8-11/h4-9,17H,3H2,1-2H3. The highest BCUT2D eigenvalue weighted by Crippen LogP contribution is 2.26. The molecule has 21 heavy (non-hydrogen) atoms. The Morgan fingerprint density at radius 2 is 2.24 bits per heavy atom. The Kier molecular flexibility index (Phi) is 3.43. The van der Waals surface area contributed by atoms with E-state index in [9.17, 15) is 4.39 Å². The van der Waals surface area contributed by atoms with E-state index >= 15 is 0 Å². The number of imidazole rings is 1. The van der Waals surface area contributed by atoms with Crippen molar-refractivity contribution < 1.29 is 9.13 Å². The number of ether oxygens (including phenoxy) is 1. The second-order valence-corrected chi connectivity index (χ2v) is 4.63. The van der Waals surface area contributed by atoms with E-state index in [-0.39, 0.29) is 5.82 Å². The number of fused-ring (bicyclic) bond motifs is 1. The molecule has 3 aromatic rings. The van der Waals surface area contributed by atoms with E-state index in [4.69, 9.17) is 4.74 Å². The van der Waals surface area contributed by atoms with E-state index in [2.05, 4.69) is 15.3 Å². The Morgan fingerprint density at radius 3 is 3.00 bits per heavy atom. The Bertz CT molecular complexity index is 784. The molecule has 2 aromatic heterocycles. The zero-order valence-corrected chi connectivity index (χ0v) is 11.8. The lowest BCUT2D eigenvalue weighted by molar-refractivity contribution is 0.460. The van der Waals surface area contributed by atoms with Crippen LogP contribution in [0.5, 0.6) is 11.6 Å². The van der Waals surface area contributed by atoms with Gasteiger partial charge in [0.1, 0.15) is 17.4 Å². The average molecular weight is 286 g/mol. The van der Waals surface area contributed by atoms with Crippen LogP contribution in [0.15, 0.2) is 36.8 Å². The van der Waals surface area contributed by atoms with E-state index in [1.165, 1.54) is 6.07 Å². The number of aryl methyl sites for hydroxylation is 1. The molecule has 5 nitrogen and oxygen atoms in total. The summed E-state index contributed by atoms with van der Waals surface area (Å²) in [5, 5.41) is 3.12. The molecule has 0 bridgehead atoms. The number of aromatic nitrogens is 3. The second kappa shape index (κ2) is 5.40. The van der Waals surface area contributed by atoms with Crippen LogP contribution >= 0.6 is 0 Å². The van der Waals surface area contributed by atoms with Crippen LogP contribution in [0, 0.1) is 12.7 Å². The molecule has 0 saturated carbocycles. The predicted octanol–water partition coefficient (Wildman–Crippen LogP) is 3.40. The molecule has 6 heteroatoms. The summed E-state index contributed by atoms with van der Waals surface area (Å²) in [5.41, 5.74) is 1.15. The third-order valence-electron chi connectivity index (χ3n) is 3.06. The van der Waals surface area contributed by atoms with E-state index in [1.54, 1.807) is 31.5 Å². The summed E-state index contributed by atoms with van der Waals surface area (Å²) < 4.78 is 21.1. The number of hydrogen-bond acceptors (Lipinski definition) is 4. The minimum atomic E-state index is -0.310. The molecule has 1 N–H and O–H groups in total. The smallest absolute Gasteiger partial charge is 0.265 e. The van der Waals surface area contributed by atoms with Gasteiger partial charge >= 0.3 is 0 Å². The first-order chi connectivity index (χ1) is 10.2. The quantitative estimate of drug-likeness (QED) is 0.798. The molecule has 1 aromatic carbocycles. The summed E-state index contributed by atoms with van der Waals surface area (Å²) in [6, 6.07) is 4.72. The third kappa shape index (κ3) is 2.65. The van der Waals surface area contributed by atoms with Gasteiger partial charge in [0, 0.05) is 25.0 Å². The molecule has 0 aliphatic rings. The van der Waals surface area contributed by atoms with Crippen LogP contribution in [0.25, 0.3) is 5.65 Å². The maximum Gasteiger partial charge on any atom is 0.265 e. The second-order valence-electron chi connectivity index (χ2n) is 4.63. The van der Waals surface area contributed by atoms with Gasteiger partial charge in [-0.25, -0.2) is 9.37 Å². The first kappa shape index (κ1) is 13.4. The summed E-state index contributed by atoms with van der Waals surface area (Å²) in [6.07, 6.45) is 5.30. The molecule has 0 radical (unpaired) electrons. The Morgan fingerprint density at radius 1 is 1.38 bits per heavy atom. The fourth-order valence-corrected chi connectivity index (χ4v) is 1.99. The summed E-state index contributed by atoms with van der Waals surface area (Å²) in [5.74, 6) is 1.09. The molecule has 0 fully saturated rings. The lowest BCUT2D eigenvalue weighted by atomic mass is 10.2. The van der Waals surface area contributed by atoms with Gasteiger partial charge in [-0.1, -0.05) is 6.07 Å². The van der Waals surface area contributed by atoms with Crippen molar-refractivity contribution in [1.29, 1.82) is 0 Å². The first-order valence-electron chi connectivity index (χ1n) is 6.69. The SMILES string of the molecule is CCNc1cn2ccnc2c(Oc2ccc(C)c(F)c2)n1. The van der Waals surface area contributed by atoms with E-state index < -0.39 is 0 Å². The summed E-state index contributed by atoms with van der Waals surface area (Å²) in [7, 11) is 0. The number of anilines is 1. The van der Waals surface area contributed by atoms with Gasteiger partial charge in [0.15, 0.2) is 0 Å². The zero-order valence-electron chi connectivity index (χ0n) is 11.8. The summed E-state index contributed by atoms with van der Waals surface area (Å²) >= 11 is 0. The average Bonchev–Trinajstić information content (AvgIpc) is 2.92. The van der Waals surface area contributed by atoms with Crippen molar-refractivity contribution >= 4 is 11.5 Å². The number of nitrogens with one attached hydrogen (secondary N) is 1. The molecule has 0 aliphatic carbocycles. The van der Waals surface area contributed by atoms with Crippen molar-refractivity contribution in [2.24, 2.45) is 0 Å². The largest absolute Gasteiger partial charge is 0.436 e. The number of benzene rings is 1. The predicted molar refractivity (Wildman–Crippen MR) is 78.4 cm³/mol. The molecule has 0 aliphatic heterocycles. The molecule has 0 spiro atoms. The molecular weight excluding hydrogens is 271 g/mol. The topological polar surface area (TPSA) is 51.5 Å². The highest BCUT2D eigenvalue weighted by Gasteiger charge is 2.10. The van der Waals surface area contributed by atoms with Gasteiger partial charge < -0.3 is 10.1 Å². The highest BCUT2D eigenvalue weighted by atomic mass is 19.1. The van der Waals surface area contributed by atoms with Crippen LogP contribution in [0.4, 0.5) is 10.2 Å². The zero-order chi connectivity index (χ0) is 14.8. The van der Waals surface area contributed by atoms with E-state index in [0.29, 0.717) is 28.7 Å². The van der Waals surface area contributed by atoms with Gasteiger partial charge in [-0.3, -0.25) is 4.40 Å². The number of nitrogens with zero attached hydrogens (tertiary/aromatic N) is 3. The monoisotopic (exact) mass is 286 g/mol. The van der Waals surface area contributed by atoms with Crippen molar-refractivity contribution in [3.63, 3.8) is 0 Å². The Hall–Kier alpha value is -2.63. The van der Waals surface area contributed by atoms with Crippen LogP contribution in [0.1, 0.15) is 12.5 Å². The lowest BCUT2D eigenvalue weighted by Crippen LogP contribution is -2.03. The normalized spacial score (nSPS) is 10.8. The van der Waals surface area contributed by atoms with Crippen molar-refractivity contribution in [1.82, 2.24) is 14.4 Å². The Balaban J connectivity index is 2.01. The van der Waals surface area contributed by atoms with Crippen molar-refractivity contribution in [3.05, 3.63) is 48.2 Å². The van der Waals surface area contributed by atoms with Gasteiger partial charge in [-0.05, 0) is 25.5 Å². The molecule has 3 rings (SSSR count). The van der Waals surface area contributed by atoms with E-state index in [0.717, 1.165) is 6.54 Å². The molecule has 0 atom stereocenters. The molecule has 0 unspecified atom stereocenters. The van der Waals surface area contributed by atoms with Crippen molar-refractivity contribution in [2.45, 2.75) is 13.8 Å². The minimum Gasteiger partial charge on any atom is -0.436 e. The summed E-state index contributed by atoms with van der Waals surface area (Å²) in [4.78, 5) is 8.58. The van der Waals surface area contributed by atoms with Crippen LogP contribution in [-0.4, -0.2) is 20.9 Å². The lowest BCUT2D eigenvalue weighted by Gasteiger charge is -2.09. The maximum atomic E-state index is 13.6. The minimum absolute atomic E-state index is 0.310. The number of halogens is 1. The fourth-order valence-electron chi connectivity index (χ4n) is 1.99.